The molecule has 0 bridgehead atoms. The lowest BCUT2D eigenvalue weighted by atomic mass is 10.1. The highest BCUT2D eigenvalue weighted by atomic mass is 16.6. The Balaban J connectivity index is 1.28. The van der Waals surface area contributed by atoms with Gasteiger partial charge in [-0.3, -0.25) is 9.59 Å². The largest absolute Gasteiger partial charge is 0.486 e. The number of ether oxygens (including phenoxy) is 3. The summed E-state index contributed by atoms with van der Waals surface area (Å²) in [6.07, 6.45) is -0.208. The van der Waals surface area contributed by atoms with Gasteiger partial charge in [0.1, 0.15) is 6.61 Å². The number of H-pyrrole nitrogens is 1. The average molecular weight is 472 g/mol. The van der Waals surface area contributed by atoms with Crippen molar-refractivity contribution in [3.05, 3.63) is 93.5 Å². The fraction of sp³-hybridized carbons (Fsp3) is 0.222. The van der Waals surface area contributed by atoms with Gasteiger partial charge in [0.25, 0.3) is 0 Å². The molecule has 2 aromatic carbocycles. The van der Waals surface area contributed by atoms with Gasteiger partial charge >= 0.3 is 5.97 Å². The molecule has 0 aliphatic carbocycles. The minimum atomic E-state index is -0.721. The summed E-state index contributed by atoms with van der Waals surface area (Å²) in [5, 5.41) is 0.555. The van der Waals surface area contributed by atoms with Crippen LogP contribution in [0.4, 0.5) is 0 Å². The van der Waals surface area contributed by atoms with Crippen molar-refractivity contribution in [3.8, 4) is 11.5 Å². The summed E-state index contributed by atoms with van der Waals surface area (Å²) in [6.45, 7) is 4.25. The molecule has 1 N–H and O–H groups in total. The number of carbonyl (C=O) groups excluding carboxylic acids is 2. The summed E-state index contributed by atoms with van der Waals surface area (Å²) in [5.74, 6) is 0.371. The quantitative estimate of drug-likeness (QED) is 0.338. The summed E-state index contributed by atoms with van der Waals surface area (Å²) in [6, 6.07) is 17.4. The molecule has 0 spiro atoms. The number of aryl methyl sites for hydroxylation is 1. The molecule has 178 valence electrons. The summed E-state index contributed by atoms with van der Waals surface area (Å²) >= 11 is 0. The number of carbonyl (C=O) groups is 2. The number of pyridine rings is 1. The van der Waals surface area contributed by atoms with Crippen LogP contribution in [0.5, 0.6) is 11.5 Å². The SMILES string of the molecule is Cc1cc(C(=O)COC(=O)c2cc(=O)[nH]c3ccccc23)c(C)n1CC1COc2ccccc2O1. The maximum atomic E-state index is 12.9. The van der Waals surface area contributed by atoms with E-state index in [1.807, 2.05) is 42.7 Å². The van der Waals surface area contributed by atoms with Gasteiger partial charge in [0, 0.05) is 33.9 Å². The molecule has 0 saturated heterocycles. The van der Waals surface area contributed by atoms with Crippen molar-refractivity contribution in [2.75, 3.05) is 13.2 Å². The van der Waals surface area contributed by atoms with Gasteiger partial charge in [0.05, 0.1) is 12.1 Å². The first kappa shape index (κ1) is 22.5. The molecule has 1 aliphatic rings. The lowest BCUT2D eigenvalue weighted by Gasteiger charge is -2.27. The summed E-state index contributed by atoms with van der Waals surface area (Å²) in [4.78, 5) is 40.3. The molecular weight excluding hydrogens is 448 g/mol. The first-order valence-corrected chi connectivity index (χ1v) is 11.3. The van der Waals surface area contributed by atoms with E-state index >= 15 is 0 Å². The molecule has 0 fully saturated rings. The Labute approximate surface area is 201 Å². The Morgan fingerprint density at radius 1 is 1.03 bits per heavy atom. The van der Waals surface area contributed by atoms with Crippen LogP contribution in [0.3, 0.4) is 0 Å². The lowest BCUT2D eigenvalue weighted by molar-refractivity contribution is 0.0476. The molecular formula is C27H24N2O6. The molecule has 0 amide bonds. The molecule has 5 rings (SSSR count). The van der Waals surface area contributed by atoms with Crippen LogP contribution in [0.15, 0.2) is 65.5 Å². The number of nitrogens with one attached hydrogen (secondary N) is 1. The first-order valence-electron chi connectivity index (χ1n) is 11.3. The molecule has 35 heavy (non-hydrogen) atoms. The number of fused-ring (bicyclic) bond motifs is 2. The molecule has 0 radical (unpaired) electrons. The van der Waals surface area contributed by atoms with Crippen molar-refractivity contribution in [2.45, 2.75) is 26.5 Å². The van der Waals surface area contributed by atoms with Gasteiger partial charge in [-0.1, -0.05) is 30.3 Å². The molecule has 4 aromatic rings. The predicted octanol–water partition coefficient (Wildman–Crippen LogP) is 3.83. The average Bonchev–Trinajstić information content (AvgIpc) is 3.15. The zero-order chi connectivity index (χ0) is 24.5. The van der Waals surface area contributed by atoms with Gasteiger partial charge in [-0.15, -0.1) is 0 Å². The van der Waals surface area contributed by atoms with Crippen LogP contribution in [0.1, 0.15) is 32.1 Å². The minimum Gasteiger partial charge on any atom is -0.486 e. The van der Waals surface area contributed by atoms with Crippen molar-refractivity contribution < 1.29 is 23.8 Å². The second kappa shape index (κ2) is 9.13. The van der Waals surface area contributed by atoms with Crippen LogP contribution >= 0.6 is 0 Å². The second-order valence-electron chi connectivity index (χ2n) is 8.49. The highest BCUT2D eigenvalue weighted by molar-refractivity contribution is 6.05. The third-order valence-electron chi connectivity index (χ3n) is 6.13. The van der Waals surface area contributed by atoms with E-state index in [0.717, 1.165) is 17.1 Å². The Morgan fingerprint density at radius 3 is 2.60 bits per heavy atom. The molecule has 1 aliphatic heterocycles. The number of nitrogens with zero attached hydrogens (tertiary/aromatic N) is 1. The third kappa shape index (κ3) is 4.42. The van der Waals surface area contributed by atoms with Crippen LogP contribution < -0.4 is 15.0 Å². The molecule has 0 saturated carbocycles. The number of ketones is 1. The Kier molecular flexibility index (Phi) is 5.86. The zero-order valence-electron chi connectivity index (χ0n) is 19.4. The number of aromatic nitrogens is 2. The number of Topliss-reactive ketones (excluding diaryl/α,β-unsaturated/α-hetero) is 1. The van der Waals surface area contributed by atoms with E-state index in [0.29, 0.717) is 35.4 Å². The van der Waals surface area contributed by atoms with Gasteiger partial charge in [-0.25, -0.2) is 4.79 Å². The van der Waals surface area contributed by atoms with E-state index in [2.05, 4.69) is 4.98 Å². The number of hydrogen-bond acceptors (Lipinski definition) is 6. The zero-order valence-corrected chi connectivity index (χ0v) is 19.4. The Bertz CT molecular complexity index is 1500. The van der Waals surface area contributed by atoms with Crippen LogP contribution in [-0.4, -0.2) is 40.6 Å². The fourth-order valence-electron chi connectivity index (χ4n) is 4.38. The van der Waals surface area contributed by atoms with Crippen molar-refractivity contribution in [1.29, 1.82) is 0 Å². The normalized spacial score (nSPS) is 14.6. The Hall–Kier alpha value is -4.33. The van der Waals surface area contributed by atoms with Gasteiger partial charge < -0.3 is 23.8 Å². The van der Waals surface area contributed by atoms with Crippen molar-refractivity contribution in [3.63, 3.8) is 0 Å². The topological polar surface area (TPSA) is 99.6 Å². The van der Waals surface area contributed by atoms with Crippen molar-refractivity contribution in [1.82, 2.24) is 9.55 Å². The first-order chi connectivity index (χ1) is 16.9. The van der Waals surface area contributed by atoms with Crippen LogP contribution in [0, 0.1) is 13.8 Å². The number of aromatic amines is 1. The molecule has 2 aromatic heterocycles. The molecule has 1 atom stereocenters. The number of benzene rings is 2. The number of esters is 1. The van der Waals surface area contributed by atoms with Gasteiger partial charge in [-0.05, 0) is 38.1 Å². The maximum Gasteiger partial charge on any atom is 0.339 e. The van der Waals surface area contributed by atoms with Crippen LogP contribution in [-0.2, 0) is 11.3 Å². The number of rotatable bonds is 6. The molecule has 8 heteroatoms. The van der Waals surface area contributed by atoms with Gasteiger partial charge in [-0.2, -0.15) is 0 Å². The van der Waals surface area contributed by atoms with Crippen LogP contribution in [0.2, 0.25) is 0 Å². The van der Waals surface area contributed by atoms with E-state index in [4.69, 9.17) is 14.2 Å². The molecule has 8 nitrogen and oxygen atoms in total. The van der Waals surface area contributed by atoms with Crippen molar-refractivity contribution in [2.24, 2.45) is 0 Å². The van der Waals surface area contributed by atoms with E-state index in [-0.39, 0.29) is 17.5 Å². The fourth-order valence-corrected chi connectivity index (χ4v) is 4.38. The summed E-state index contributed by atoms with van der Waals surface area (Å²) in [5.41, 5.74) is 2.36. The summed E-state index contributed by atoms with van der Waals surface area (Å²) < 4.78 is 19.2. The van der Waals surface area contributed by atoms with Crippen molar-refractivity contribution >= 4 is 22.7 Å². The lowest BCUT2D eigenvalue weighted by Crippen LogP contribution is -2.33. The standard InChI is InChI=1S/C27H24N2O6/c1-16-11-20(17(2)29(16)13-18-14-33-24-9-5-6-10-25(24)35-18)23(30)15-34-27(32)21-12-26(31)28-22-8-4-3-7-19(21)22/h3-12,18H,13-15H2,1-2H3,(H,28,31). The Morgan fingerprint density at radius 2 is 1.77 bits per heavy atom. The predicted molar refractivity (Wildman–Crippen MR) is 129 cm³/mol. The number of para-hydroxylation sites is 3. The highest BCUT2D eigenvalue weighted by Gasteiger charge is 2.24. The van der Waals surface area contributed by atoms with E-state index < -0.39 is 18.1 Å². The minimum absolute atomic E-state index is 0.123. The number of hydrogen-bond donors (Lipinski definition) is 1. The van der Waals surface area contributed by atoms with E-state index in [1.54, 1.807) is 30.3 Å². The maximum absolute atomic E-state index is 12.9. The van der Waals surface area contributed by atoms with Gasteiger partial charge in [0.2, 0.25) is 11.3 Å². The highest BCUT2D eigenvalue weighted by Crippen LogP contribution is 2.31. The molecule has 1 unspecified atom stereocenters. The molecule has 3 heterocycles. The van der Waals surface area contributed by atoms with E-state index in [9.17, 15) is 14.4 Å². The monoisotopic (exact) mass is 472 g/mol. The van der Waals surface area contributed by atoms with Crippen LogP contribution in [0.25, 0.3) is 10.9 Å². The third-order valence-corrected chi connectivity index (χ3v) is 6.13. The summed E-state index contributed by atoms with van der Waals surface area (Å²) in [7, 11) is 0. The smallest absolute Gasteiger partial charge is 0.339 e. The second-order valence-corrected chi connectivity index (χ2v) is 8.49. The van der Waals surface area contributed by atoms with Gasteiger partial charge in [0.15, 0.2) is 24.2 Å². The van der Waals surface area contributed by atoms with E-state index in [1.165, 1.54) is 6.07 Å².